The van der Waals surface area contributed by atoms with E-state index in [0.29, 0.717) is 0 Å². The van der Waals surface area contributed by atoms with Crippen LogP contribution in [0, 0.1) is 24.7 Å². The average molecular weight is 623 g/mol. The van der Waals surface area contributed by atoms with Crippen LogP contribution in [0.1, 0.15) is 100 Å². The van der Waals surface area contributed by atoms with Gasteiger partial charge in [-0.3, -0.25) is 14.4 Å². The van der Waals surface area contributed by atoms with Crippen molar-refractivity contribution in [2.75, 3.05) is 19.7 Å². The zero-order valence-corrected chi connectivity index (χ0v) is 29.0. The van der Waals surface area contributed by atoms with Gasteiger partial charge < -0.3 is 9.47 Å². The maximum atomic E-state index is 13.8. The molecular formula is C33H54N2O7S. The molecule has 2 atom stereocenters. The summed E-state index contributed by atoms with van der Waals surface area (Å²) in [6.07, 6.45) is 3.15. The van der Waals surface area contributed by atoms with Crippen LogP contribution >= 0.6 is 0 Å². The monoisotopic (exact) mass is 622 g/mol. The van der Waals surface area contributed by atoms with E-state index in [1.807, 2.05) is 6.92 Å². The molecule has 1 aromatic rings. The molecule has 2 aliphatic heterocycles. The van der Waals surface area contributed by atoms with Crippen molar-refractivity contribution in [3.63, 3.8) is 0 Å². The number of rotatable bonds is 9. The van der Waals surface area contributed by atoms with Crippen LogP contribution in [0.2, 0.25) is 0 Å². The van der Waals surface area contributed by atoms with Gasteiger partial charge in [-0.2, -0.15) is 9.37 Å². The number of ether oxygens (including phenoxy) is 2. The fourth-order valence-electron chi connectivity index (χ4n) is 6.24. The molecule has 0 bridgehead atoms. The third-order valence-corrected chi connectivity index (χ3v) is 10.1. The lowest BCUT2D eigenvalue weighted by molar-refractivity contribution is -0.286. The number of carbonyl (C=O) groups excluding carboxylic acids is 2. The van der Waals surface area contributed by atoms with E-state index in [-0.39, 0.29) is 53.9 Å². The van der Waals surface area contributed by atoms with E-state index in [1.165, 1.54) is 4.31 Å². The first kappa shape index (κ1) is 35.5. The van der Waals surface area contributed by atoms with E-state index in [0.717, 1.165) is 24.8 Å². The van der Waals surface area contributed by atoms with Crippen molar-refractivity contribution >= 4 is 22.0 Å². The van der Waals surface area contributed by atoms with Gasteiger partial charge in [-0.25, -0.2) is 8.42 Å². The molecule has 0 aliphatic carbocycles. The quantitative estimate of drug-likeness (QED) is 0.248. The molecule has 2 heterocycles. The molecule has 244 valence electrons. The van der Waals surface area contributed by atoms with E-state index in [1.54, 1.807) is 65.8 Å². The molecular weight excluding hydrogens is 568 g/mol. The second-order valence-corrected chi connectivity index (χ2v) is 17.5. The molecule has 9 nitrogen and oxygen atoms in total. The van der Waals surface area contributed by atoms with Crippen LogP contribution in [-0.2, 0) is 33.9 Å². The molecule has 2 saturated heterocycles. The lowest BCUT2D eigenvalue weighted by atomic mass is 9.82. The van der Waals surface area contributed by atoms with Gasteiger partial charge in [-0.15, -0.1) is 0 Å². The van der Waals surface area contributed by atoms with Crippen molar-refractivity contribution in [1.29, 1.82) is 0 Å². The topological polar surface area (TPSA) is 102 Å². The Kier molecular flexibility index (Phi) is 10.5. The van der Waals surface area contributed by atoms with Gasteiger partial charge in [0.2, 0.25) is 10.0 Å². The number of benzene rings is 1. The zero-order valence-electron chi connectivity index (χ0n) is 28.2. The van der Waals surface area contributed by atoms with Gasteiger partial charge in [0, 0.05) is 30.1 Å². The summed E-state index contributed by atoms with van der Waals surface area (Å²) in [7, 11) is -3.81. The second kappa shape index (κ2) is 12.8. The van der Waals surface area contributed by atoms with Crippen molar-refractivity contribution < 1.29 is 32.3 Å². The number of hydroxylamine groups is 2. The zero-order chi connectivity index (χ0) is 32.6. The predicted molar refractivity (Wildman–Crippen MR) is 167 cm³/mol. The van der Waals surface area contributed by atoms with Crippen LogP contribution in [0.5, 0.6) is 0 Å². The molecule has 2 unspecified atom stereocenters. The Hall–Kier alpha value is -2.01. The highest BCUT2D eigenvalue weighted by Crippen LogP contribution is 2.40. The van der Waals surface area contributed by atoms with Gasteiger partial charge >= 0.3 is 11.9 Å². The van der Waals surface area contributed by atoms with Crippen molar-refractivity contribution in [3.05, 3.63) is 29.8 Å². The highest BCUT2D eigenvalue weighted by Gasteiger charge is 2.47. The molecule has 1 aromatic carbocycles. The Morgan fingerprint density at radius 2 is 1.33 bits per heavy atom. The molecule has 0 amide bonds. The Morgan fingerprint density at radius 1 is 0.860 bits per heavy atom. The lowest BCUT2D eigenvalue weighted by Crippen LogP contribution is -2.58. The first-order valence-electron chi connectivity index (χ1n) is 15.5. The summed E-state index contributed by atoms with van der Waals surface area (Å²) in [6.45, 7) is 21.7. The molecule has 2 aliphatic rings. The van der Waals surface area contributed by atoms with Crippen LogP contribution in [0.15, 0.2) is 29.2 Å². The van der Waals surface area contributed by atoms with Crippen LogP contribution in [0.25, 0.3) is 0 Å². The van der Waals surface area contributed by atoms with Gasteiger partial charge in [-0.05, 0) is 120 Å². The largest absolute Gasteiger partial charge is 0.459 e. The first-order valence-corrected chi connectivity index (χ1v) is 16.9. The fourth-order valence-corrected chi connectivity index (χ4v) is 7.79. The van der Waals surface area contributed by atoms with Gasteiger partial charge in [0.25, 0.3) is 0 Å². The molecule has 0 N–H and O–H groups in total. The van der Waals surface area contributed by atoms with E-state index in [9.17, 15) is 18.0 Å². The Balaban J connectivity index is 1.94. The summed E-state index contributed by atoms with van der Waals surface area (Å²) in [4.78, 5) is 33.6. The molecule has 0 aromatic heterocycles. The number of hydrogen-bond acceptors (Lipinski definition) is 8. The number of esters is 2. The van der Waals surface area contributed by atoms with Gasteiger partial charge in [0.15, 0.2) is 5.92 Å². The molecule has 0 radical (unpaired) electrons. The number of nitrogens with zero attached hydrogens (tertiary/aromatic N) is 2. The smallest absolute Gasteiger partial charge is 0.320 e. The Labute approximate surface area is 259 Å². The maximum Gasteiger partial charge on any atom is 0.320 e. The van der Waals surface area contributed by atoms with Crippen LogP contribution in [0.3, 0.4) is 0 Å². The van der Waals surface area contributed by atoms with Gasteiger partial charge in [0.05, 0.1) is 11.5 Å². The van der Waals surface area contributed by atoms with Gasteiger partial charge in [0.1, 0.15) is 11.2 Å². The van der Waals surface area contributed by atoms with Crippen molar-refractivity contribution in [1.82, 2.24) is 9.37 Å². The average Bonchev–Trinajstić information content (AvgIpc) is 3.23. The molecule has 0 spiro atoms. The molecule has 3 rings (SSSR count). The minimum atomic E-state index is -3.81. The predicted octanol–water partition coefficient (Wildman–Crippen LogP) is 5.90. The lowest BCUT2D eigenvalue weighted by Gasteiger charge is -2.51. The minimum Gasteiger partial charge on any atom is -0.459 e. The van der Waals surface area contributed by atoms with E-state index >= 15 is 0 Å². The van der Waals surface area contributed by atoms with Crippen LogP contribution in [-0.4, -0.2) is 71.7 Å². The van der Waals surface area contributed by atoms with Crippen molar-refractivity contribution in [2.45, 2.75) is 129 Å². The number of hydrogen-bond donors (Lipinski definition) is 0. The standard InChI is InChI=1S/C33H54N2O7S/c1-23-13-15-26(16-14-23)43(38,39)34-20-24(19-27(28(36)41-30(2,3)4)29(37)42-31(5,6)7)25(21-34)22-40-35-32(8,9)17-12-18-33(35,10)11/h13-16,24-25,27H,12,17-22H2,1-11H3. The van der Waals surface area contributed by atoms with E-state index < -0.39 is 39.1 Å². The molecule has 43 heavy (non-hydrogen) atoms. The summed E-state index contributed by atoms with van der Waals surface area (Å²) < 4.78 is 40.3. The van der Waals surface area contributed by atoms with E-state index in [4.69, 9.17) is 14.3 Å². The summed E-state index contributed by atoms with van der Waals surface area (Å²) in [5, 5.41) is 2.07. The molecule has 2 fully saturated rings. The third-order valence-electron chi connectivity index (χ3n) is 8.22. The summed E-state index contributed by atoms with van der Waals surface area (Å²) in [6, 6.07) is 6.80. The Morgan fingerprint density at radius 3 is 1.79 bits per heavy atom. The molecule has 0 saturated carbocycles. The number of aryl methyl sites for hydroxylation is 1. The van der Waals surface area contributed by atoms with Crippen LogP contribution < -0.4 is 0 Å². The summed E-state index contributed by atoms with van der Waals surface area (Å²) in [5.41, 5.74) is -1.03. The first-order chi connectivity index (χ1) is 19.5. The van der Waals surface area contributed by atoms with Gasteiger partial charge in [-0.1, -0.05) is 17.7 Å². The SMILES string of the molecule is Cc1ccc(S(=O)(=O)N2CC(CON3C(C)(C)CCCC3(C)C)C(CC(C(=O)OC(C)(C)C)C(=O)OC(C)(C)C)C2)cc1. The molecule has 10 heteroatoms. The van der Waals surface area contributed by atoms with Crippen molar-refractivity contribution in [2.24, 2.45) is 17.8 Å². The van der Waals surface area contributed by atoms with Crippen molar-refractivity contribution in [3.8, 4) is 0 Å². The summed E-state index contributed by atoms with van der Waals surface area (Å²) in [5.74, 6) is -3.14. The Bertz CT molecular complexity index is 1200. The number of piperidine rings is 1. The van der Waals surface area contributed by atoms with Crippen LogP contribution in [0.4, 0.5) is 0 Å². The number of carbonyl (C=O) groups is 2. The van der Waals surface area contributed by atoms with E-state index in [2.05, 4.69) is 32.8 Å². The normalized spacial score (nSPS) is 23.3. The second-order valence-electron chi connectivity index (χ2n) is 15.6. The highest BCUT2D eigenvalue weighted by atomic mass is 32.2. The highest BCUT2D eigenvalue weighted by molar-refractivity contribution is 7.89. The minimum absolute atomic E-state index is 0.0879. The summed E-state index contributed by atoms with van der Waals surface area (Å²) >= 11 is 0. The fraction of sp³-hybridized carbons (Fsp3) is 0.758. The number of sulfonamides is 1. The third kappa shape index (κ3) is 9.25. The maximum absolute atomic E-state index is 13.8.